The Hall–Kier alpha value is -2.28. The second kappa shape index (κ2) is 5.91. The van der Waals surface area contributed by atoms with E-state index in [2.05, 4.69) is 22.1 Å². The molecule has 1 aliphatic carbocycles. The molecule has 7 heteroatoms. The maximum Gasteiger partial charge on any atom is 0.266 e. The molecule has 1 saturated heterocycles. The summed E-state index contributed by atoms with van der Waals surface area (Å²) in [5.41, 5.74) is 0.453. The summed E-state index contributed by atoms with van der Waals surface area (Å²) in [6, 6.07) is 5.56. The van der Waals surface area contributed by atoms with Gasteiger partial charge in [0.1, 0.15) is 5.69 Å². The number of likely N-dealkylation sites (tertiary alicyclic amines) is 1. The van der Waals surface area contributed by atoms with Crippen LogP contribution in [0, 0.1) is 5.41 Å². The van der Waals surface area contributed by atoms with Crippen molar-refractivity contribution in [2.24, 2.45) is 5.41 Å². The van der Waals surface area contributed by atoms with Gasteiger partial charge >= 0.3 is 0 Å². The van der Waals surface area contributed by atoms with Gasteiger partial charge in [0, 0.05) is 38.2 Å². The highest BCUT2D eigenvalue weighted by Crippen LogP contribution is 2.50. The summed E-state index contributed by atoms with van der Waals surface area (Å²) in [4.78, 5) is 18.6. The standard InChI is InChI=1S/C18H22N4O3/c1-17(16-21-20-15(25-16)13-5-3-4-8-19-13)10-22(11-17)14(23)9-18(6-7-18)12-24-2/h3-5,8H,6-7,9-12H2,1-2H3. The third kappa shape index (κ3) is 3.04. The van der Waals surface area contributed by atoms with Gasteiger partial charge in [-0.25, -0.2) is 0 Å². The molecule has 0 unspecified atom stereocenters. The molecular weight excluding hydrogens is 320 g/mol. The number of hydrogen-bond acceptors (Lipinski definition) is 6. The van der Waals surface area contributed by atoms with Gasteiger partial charge < -0.3 is 14.1 Å². The minimum atomic E-state index is -0.284. The molecule has 0 bridgehead atoms. The molecule has 0 atom stereocenters. The number of pyridine rings is 1. The van der Waals surface area contributed by atoms with Gasteiger partial charge in [0.2, 0.25) is 11.8 Å². The molecule has 1 amide bonds. The summed E-state index contributed by atoms with van der Waals surface area (Å²) in [7, 11) is 1.69. The van der Waals surface area contributed by atoms with Crippen molar-refractivity contribution in [3.8, 4) is 11.6 Å². The summed E-state index contributed by atoms with van der Waals surface area (Å²) in [6.45, 7) is 3.94. The predicted octanol–water partition coefficient (Wildman–Crippen LogP) is 2.05. The van der Waals surface area contributed by atoms with E-state index < -0.39 is 0 Å². The van der Waals surface area contributed by atoms with Crippen LogP contribution in [0.1, 0.15) is 32.1 Å². The van der Waals surface area contributed by atoms with E-state index in [4.69, 9.17) is 9.15 Å². The number of aromatic nitrogens is 3. The quantitative estimate of drug-likeness (QED) is 0.799. The number of carbonyl (C=O) groups excluding carboxylic acids is 1. The number of rotatable bonds is 6. The van der Waals surface area contributed by atoms with Crippen LogP contribution < -0.4 is 0 Å². The average Bonchev–Trinajstić information content (AvgIpc) is 3.15. The SMILES string of the molecule is COCC1(CC(=O)N2CC(C)(c3nnc(-c4ccccn4)o3)C2)CC1. The lowest BCUT2D eigenvalue weighted by atomic mass is 9.81. The van der Waals surface area contributed by atoms with E-state index in [1.165, 1.54) is 0 Å². The molecule has 0 radical (unpaired) electrons. The molecule has 2 fully saturated rings. The van der Waals surface area contributed by atoms with E-state index in [0.717, 1.165) is 12.8 Å². The van der Waals surface area contributed by atoms with Crippen molar-refractivity contribution in [1.29, 1.82) is 0 Å². The Balaban J connectivity index is 1.39. The van der Waals surface area contributed by atoms with Gasteiger partial charge in [0.05, 0.1) is 12.0 Å². The lowest BCUT2D eigenvalue weighted by Crippen LogP contribution is -2.60. The number of ether oxygens (including phenoxy) is 1. The highest BCUT2D eigenvalue weighted by atomic mass is 16.5. The number of carbonyl (C=O) groups is 1. The maximum absolute atomic E-state index is 12.5. The zero-order valence-corrected chi connectivity index (χ0v) is 14.6. The van der Waals surface area contributed by atoms with Gasteiger partial charge in [-0.2, -0.15) is 0 Å². The minimum absolute atomic E-state index is 0.0778. The van der Waals surface area contributed by atoms with Crippen LogP contribution in [0.2, 0.25) is 0 Å². The molecule has 0 N–H and O–H groups in total. The van der Waals surface area contributed by atoms with Crippen LogP contribution in [0.15, 0.2) is 28.8 Å². The van der Waals surface area contributed by atoms with Gasteiger partial charge in [-0.1, -0.05) is 6.07 Å². The monoisotopic (exact) mass is 342 g/mol. The summed E-state index contributed by atoms with van der Waals surface area (Å²) >= 11 is 0. The first-order chi connectivity index (χ1) is 12.0. The Bertz CT molecular complexity index is 764. The van der Waals surface area contributed by atoms with Crippen LogP contribution in [-0.4, -0.2) is 52.8 Å². The molecule has 1 aliphatic heterocycles. The third-order valence-corrected chi connectivity index (χ3v) is 5.19. The van der Waals surface area contributed by atoms with Crippen LogP contribution in [-0.2, 0) is 14.9 Å². The molecule has 1 saturated carbocycles. The zero-order chi connectivity index (χ0) is 17.5. The molecule has 0 aromatic carbocycles. The number of hydrogen-bond donors (Lipinski definition) is 0. The lowest BCUT2D eigenvalue weighted by Gasteiger charge is -2.46. The van der Waals surface area contributed by atoms with E-state index in [0.29, 0.717) is 43.6 Å². The van der Waals surface area contributed by atoms with Crippen molar-refractivity contribution in [1.82, 2.24) is 20.1 Å². The van der Waals surface area contributed by atoms with Crippen molar-refractivity contribution in [2.45, 2.75) is 31.6 Å². The maximum atomic E-state index is 12.5. The topological polar surface area (TPSA) is 81.4 Å². The summed E-state index contributed by atoms with van der Waals surface area (Å²) in [6.07, 6.45) is 4.42. The van der Waals surface area contributed by atoms with E-state index in [1.54, 1.807) is 13.3 Å². The van der Waals surface area contributed by atoms with Crippen molar-refractivity contribution < 1.29 is 13.9 Å². The molecule has 25 heavy (non-hydrogen) atoms. The first kappa shape index (κ1) is 16.2. The highest BCUT2D eigenvalue weighted by Gasteiger charge is 2.50. The molecule has 2 aliphatic rings. The first-order valence-electron chi connectivity index (χ1n) is 8.56. The van der Waals surface area contributed by atoms with Gasteiger partial charge in [-0.05, 0) is 31.9 Å². The molecule has 4 rings (SSSR count). The fraction of sp³-hybridized carbons (Fsp3) is 0.556. The van der Waals surface area contributed by atoms with Crippen LogP contribution in [0.5, 0.6) is 0 Å². The molecule has 3 heterocycles. The predicted molar refractivity (Wildman–Crippen MR) is 89.6 cm³/mol. The summed E-state index contributed by atoms with van der Waals surface area (Å²) < 4.78 is 11.1. The first-order valence-corrected chi connectivity index (χ1v) is 8.56. The second-order valence-corrected chi connectivity index (χ2v) is 7.55. The number of nitrogens with zero attached hydrogens (tertiary/aromatic N) is 4. The van der Waals surface area contributed by atoms with E-state index in [-0.39, 0.29) is 16.7 Å². The van der Waals surface area contributed by atoms with Crippen molar-refractivity contribution >= 4 is 5.91 Å². The zero-order valence-electron chi connectivity index (χ0n) is 14.6. The minimum Gasteiger partial charge on any atom is -0.419 e. The number of amides is 1. The van der Waals surface area contributed by atoms with Crippen molar-refractivity contribution in [2.75, 3.05) is 26.8 Å². The lowest BCUT2D eigenvalue weighted by molar-refractivity contribution is -0.141. The smallest absolute Gasteiger partial charge is 0.266 e. The third-order valence-electron chi connectivity index (χ3n) is 5.19. The van der Waals surface area contributed by atoms with Gasteiger partial charge in [0.25, 0.3) is 5.89 Å². The second-order valence-electron chi connectivity index (χ2n) is 7.55. The average molecular weight is 342 g/mol. The van der Waals surface area contributed by atoms with Gasteiger partial charge in [-0.3, -0.25) is 9.78 Å². The molecule has 0 spiro atoms. The molecular formula is C18H22N4O3. The Morgan fingerprint density at radius 3 is 2.76 bits per heavy atom. The molecule has 2 aromatic rings. The fourth-order valence-corrected chi connectivity index (χ4v) is 3.46. The van der Waals surface area contributed by atoms with E-state index in [1.807, 2.05) is 23.1 Å². The molecule has 7 nitrogen and oxygen atoms in total. The Morgan fingerprint density at radius 1 is 1.32 bits per heavy atom. The van der Waals surface area contributed by atoms with Crippen LogP contribution in [0.3, 0.4) is 0 Å². The van der Waals surface area contributed by atoms with Crippen LogP contribution in [0.25, 0.3) is 11.6 Å². The number of methoxy groups -OCH3 is 1. The van der Waals surface area contributed by atoms with Crippen LogP contribution in [0.4, 0.5) is 0 Å². The van der Waals surface area contributed by atoms with E-state index in [9.17, 15) is 4.79 Å². The van der Waals surface area contributed by atoms with Gasteiger partial charge in [0.15, 0.2) is 0 Å². The summed E-state index contributed by atoms with van der Waals surface area (Å²) in [5.74, 6) is 1.17. The Labute approximate surface area is 146 Å². The van der Waals surface area contributed by atoms with Crippen LogP contribution >= 0.6 is 0 Å². The molecule has 2 aromatic heterocycles. The summed E-state index contributed by atoms with van der Waals surface area (Å²) in [5, 5.41) is 8.28. The fourth-order valence-electron chi connectivity index (χ4n) is 3.46. The molecule has 132 valence electrons. The van der Waals surface area contributed by atoms with Gasteiger partial charge in [-0.15, -0.1) is 10.2 Å². The highest BCUT2D eigenvalue weighted by molar-refractivity contribution is 5.78. The Morgan fingerprint density at radius 2 is 2.12 bits per heavy atom. The Kier molecular flexibility index (Phi) is 3.83. The normalized spacial score (nSPS) is 20.2. The van der Waals surface area contributed by atoms with E-state index >= 15 is 0 Å². The largest absolute Gasteiger partial charge is 0.419 e. The van der Waals surface area contributed by atoms with Crippen molar-refractivity contribution in [3.05, 3.63) is 30.3 Å². The van der Waals surface area contributed by atoms with Crippen molar-refractivity contribution in [3.63, 3.8) is 0 Å².